The molecular weight excluding hydrogens is 1130 g/mol. The first-order valence-electron chi connectivity index (χ1n) is 30.9. The van der Waals surface area contributed by atoms with Crippen molar-refractivity contribution in [3.63, 3.8) is 0 Å². The highest BCUT2D eigenvalue weighted by molar-refractivity contribution is 5.57. The van der Waals surface area contributed by atoms with Crippen LogP contribution in [-0.2, 0) is 64.2 Å². The summed E-state index contributed by atoms with van der Waals surface area (Å²) < 4.78 is 0. The molecule has 24 heteroatoms. The van der Waals surface area contributed by atoms with Crippen LogP contribution in [0.15, 0.2) is 160 Å². The molecule has 9 aromatic heterocycles. The number of rotatable bonds is 0. The van der Waals surface area contributed by atoms with Crippen LogP contribution in [0.1, 0.15) is 56.2 Å². The fourth-order valence-corrected chi connectivity index (χ4v) is 10.8. The molecule has 0 fully saturated rings. The summed E-state index contributed by atoms with van der Waals surface area (Å²) >= 11 is 0. The van der Waals surface area contributed by atoms with Gasteiger partial charge in [0.25, 0.3) is 0 Å². The third-order valence-corrected chi connectivity index (χ3v) is 15.4. The smallest absolute Gasteiger partial charge is 0.151 e. The van der Waals surface area contributed by atoms with Crippen LogP contribution in [-0.4, -0.2) is 136 Å². The van der Waals surface area contributed by atoms with E-state index in [9.17, 15) is 0 Å². The van der Waals surface area contributed by atoms with Crippen LogP contribution in [0.5, 0.6) is 0 Å². The van der Waals surface area contributed by atoms with Crippen LogP contribution in [0.4, 0.5) is 57.4 Å². The van der Waals surface area contributed by atoms with Gasteiger partial charge in [-0.2, -0.15) is 15.3 Å². The minimum Gasteiger partial charge on any atom is -0.384 e. The Morgan fingerprint density at radius 1 is 0.233 bits per heavy atom. The van der Waals surface area contributed by atoms with Crippen molar-refractivity contribution in [2.24, 2.45) is 0 Å². The normalized spacial score (nSPS) is 14.7. The van der Waals surface area contributed by atoms with E-state index in [0.29, 0.717) is 0 Å². The molecule has 90 heavy (non-hydrogen) atoms. The summed E-state index contributed by atoms with van der Waals surface area (Å²) in [4.78, 5) is 40.5. The molecule has 24 nitrogen and oxygen atoms in total. The predicted molar refractivity (Wildman–Crippen MR) is 355 cm³/mol. The van der Waals surface area contributed by atoms with E-state index in [1.165, 1.54) is 68.2 Å². The van der Waals surface area contributed by atoms with Gasteiger partial charge in [-0.3, -0.25) is 19.9 Å². The van der Waals surface area contributed by atoms with Crippen LogP contribution in [0.25, 0.3) is 0 Å². The Hall–Kier alpha value is -10.8. The van der Waals surface area contributed by atoms with E-state index in [-0.39, 0.29) is 0 Å². The van der Waals surface area contributed by atoms with Crippen LogP contribution in [0.2, 0.25) is 0 Å². The van der Waals surface area contributed by atoms with Gasteiger partial charge in [0.2, 0.25) is 0 Å². The summed E-state index contributed by atoms with van der Waals surface area (Å²) in [5, 5.41) is 47.4. The molecule has 10 aliphatic heterocycles. The number of hydrogen-bond acceptors (Lipinski definition) is 24. The Morgan fingerprint density at radius 2 is 0.689 bits per heavy atom. The van der Waals surface area contributed by atoms with E-state index in [4.69, 9.17) is 0 Å². The van der Waals surface area contributed by atoms with Gasteiger partial charge < -0.3 is 53.2 Å². The summed E-state index contributed by atoms with van der Waals surface area (Å²) in [6.07, 6.45) is 35.7. The van der Waals surface area contributed by atoms with Gasteiger partial charge in [-0.05, 0) is 115 Å². The van der Waals surface area contributed by atoms with Gasteiger partial charge >= 0.3 is 0 Å². The van der Waals surface area contributed by atoms with E-state index in [1.807, 2.05) is 79.9 Å². The van der Waals surface area contributed by atoms with Gasteiger partial charge in [-0.25, -0.2) is 29.9 Å². The zero-order valence-corrected chi connectivity index (χ0v) is 50.4. The first-order chi connectivity index (χ1) is 44.7. The fourth-order valence-electron chi connectivity index (χ4n) is 10.8. The average Bonchev–Trinajstić information content (AvgIpc) is 4.49. The summed E-state index contributed by atoms with van der Waals surface area (Å²) in [5.74, 6) is 3.98. The Labute approximate surface area is 524 Å². The minimum atomic E-state index is 0.956. The van der Waals surface area contributed by atoms with Crippen molar-refractivity contribution in [2.75, 3.05) is 119 Å². The largest absolute Gasteiger partial charge is 0.384 e. The molecular formula is C66H76N24. The number of para-hydroxylation sites is 1. The van der Waals surface area contributed by atoms with E-state index in [0.717, 1.165) is 175 Å². The second-order valence-corrected chi connectivity index (χ2v) is 21.4. The van der Waals surface area contributed by atoms with Gasteiger partial charge in [-0.1, -0.05) is 24.3 Å². The highest BCUT2D eigenvalue weighted by atomic mass is 15.2. The number of aromatic nitrogens is 14. The standard InChI is InChI=1S/C8H9N.4C7H8N2.5C6H7N3/c1-2-4-8-7(3-1)5-6-9-8;1-4-9-7-2-3-8-5-6(1)7;1-3-8-5-7-6(1)2-4-9-7;1-2-6-7(8-4-1)3-5-9-6;1-2-6-3-5-9-7(6)8-4-1;1-3-7-5-2-4-8-9-6(1)5;1-3-7-6-5(1)2-4-8-9-6;1-2-8-6-3-7-4-9-5(1)6;1-2-8-6-5(1)3-7-4-9-6;1-2-8-6-5(1)7-3-4-9-6/h1-4,9H,5-6H2;2-3,5,9H,1,4H2;1,3,5,9H,2,4H2;1-2,4,9H,3,5H2;1-2,4H,3,5H2,(H,8,9);2,4,7H,1,3H2;2,4H,1,3H2,(H,7,9);3-4,8H,1-2H2;3-4H,1-2H2,(H,7,8,9);3-4H,1-2H2,(H,8,9). The molecule has 10 N–H and O–H groups in total. The lowest BCUT2D eigenvalue weighted by Crippen LogP contribution is -1.93. The zero-order valence-electron chi connectivity index (χ0n) is 50.4. The van der Waals surface area contributed by atoms with E-state index >= 15 is 0 Å². The maximum atomic E-state index is 4.20. The van der Waals surface area contributed by atoms with E-state index < -0.39 is 0 Å². The Kier molecular flexibility index (Phi) is 22.2. The minimum absolute atomic E-state index is 0.956. The van der Waals surface area contributed by atoms with Crippen LogP contribution >= 0.6 is 0 Å². The lowest BCUT2D eigenvalue weighted by molar-refractivity contribution is 0.941. The molecule has 0 radical (unpaired) electrons. The summed E-state index contributed by atoms with van der Waals surface area (Å²) in [6.45, 7) is 10.4. The number of benzene rings is 1. The molecule has 0 atom stereocenters. The first kappa shape index (κ1) is 60.9. The lowest BCUT2D eigenvalue weighted by Gasteiger charge is -1.94. The predicted octanol–water partition coefficient (Wildman–Crippen LogP) is 8.08. The molecule has 0 aliphatic carbocycles. The van der Waals surface area contributed by atoms with Crippen molar-refractivity contribution < 1.29 is 0 Å². The number of fused-ring (bicyclic) bond motifs is 10. The Balaban J connectivity index is 0.000000103. The number of nitrogens with one attached hydrogen (secondary N) is 10. The van der Waals surface area contributed by atoms with Gasteiger partial charge in [0.15, 0.2) is 5.82 Å². The van der Waals surface area contributed by atoms with Crippen LogP contribution in [0.3, 0.4) is 0 Å². The van der Waals surface area contributed by atoms with Crippen LogP contribution in [0, 0.1) is 0 Å². The summed E-state index contributed by atoms with van der Waals surface area (Å²) in [5.41, 5.74) is 19.8. The van der Waals surface area contributed by atoms with Crippen molar-refractivity contribution in [3.05, 3.63) is 216 Å². The van der Waals surface area contributed by atoms with Crippen molar-refractivity contribution >= 4 is 57.4 Å². The molecule has 0 saturated heterocycles. The summed E-state index contributed by atoms with van der Waals surface area (Å²) in [6, 6.07) is 24.6. The monoisotopic (exact) mass is 1200 g/mol. The van der Waals surface area contributed by atoms with Gasteiger partial charge in [0.1, 0.15) is 30.1 Å². The highest BCUT2D eigenvalue weighted by Crippen LogP contribution is 2.24. The molecule has 460 valence electrons. The van der Waals surface area contributed by atoms with Crippen molar-refractivity contribution in [1.82, 2.24) is 70.2 Å². The number of nitrogens with zero attached hydrogens (tertiary/aromatic N) is 14. The molecule has 1 aromatic carbocycles. The topological polar surface area (TPSA) is 301 Å². The lowest BCUT2D eigenvalue weighted by atomic mass is 10.2. The first-order valence-corrected chi connectivity index (χ1v) is 30.9. The Morgan fingerprint density at radius 3 is 1.44 bits per heavy atom. The van der Waals surface area contributed by atoms with Crippen molar-refractivity contribution in [2.45, 2.75) is 64.2 Å². The molecule has 0 amide bonds. The quantitative estimate of drug-likeness (QED) is 0.0686. The number of pyridine rings is 4. The van der Waals surface area contributed by atoms with E-state index in [2.05, 4.69) is 166 Å². The molecule has 10 aromatic rings. The second-order valence-electron chi connectivity index (χ2n) is 21.4. The molecule has 0 spiro atoms. The molecule has 10 aliphatic rings. The molecule has 0 saturated carbocycles. The molecule has 19 heterocycles. The van der Waals surface area contributed by atoms with Gasteiger partial charge in [0, 0.05) is 158 Å². The second kappa shape index (κ2) is 32.8. The molecule has 0 unspecified atom stereocenters. The third-order valence-electron chi connectivity index (χ3n) is 15.4. The molecule has 20 rings (SSSR count). The van der Waals surface area contributed by atoms with Gasteiger partial charge in [0.05, 0.1) is 70.3 Å². The Bertz CT molecular complexity index is 2800. The third kappa shape index (κ3) is 17.7. The number of hydrogen-bond donors (Lipinski definition) is 10. The summed E-state index contributed by atoms with van der Waals surface area (Å²) in [7, 11) is 0. The van der Waals surface area contributed by atoms with E-state index in [1.54, 1.807) is 37.4 Å². The maximum absolute atomic E-state index is 4.20. The SMILES string of the molecule is c1cc2c(cn1)CCN2.c1cc2c(cn1)NCC2.c1cc2c(nn1)CCN2.c1cc2c(nn1)NCC2.c1ccc2c(c1)CCN2.c1cnc2c(c1)CCN2.c1cnc2c(c1)NCC2.c1cnc2c(n1)CCN2.c1ncc2c(n1)CCN2.c1ncc2c(n1)NCC2. The highest BCUT2D eigenvalue weighted by Gasteiger charge is 2.15. The molecule has 0 bridgehead atoms. The zero-order chi connectivity index (χ0) is 61.0. The average molecular weight is 1210 g/mol. The van der Waals surface area contributed by atoms with Crippen molar-refractivity contribution in [1.29, 1.82) is 0 Å². The van der Waals surface area contributed by atoms with Gasteiger partial charge in [-0.15, -0.1) is 5.10 Å². The number of anilines is 10. The maximum Gasteiger partial charge on any atom is 0.151 e. The fraction of sp³-hybridized carbons (Fsp3) is 0.303. The van der Waals surface area contributed by atoms with Crippen LogP contribution < -0.4 is 53.2 Å². The van der Waals surface area contributed by atoms with Crippen molar-refractivity contribution in [3.8, 4) is 0 Å².